The number of hydrogen-bond donors (Lipinski definition) is 1. The number of nitrogens with zero attached hydrogens (tertiary/aromatic N) is 1. The Morgan fingerprint density at radius 2 is 2.33 bits per heavy atom. The highest BCUT2D eigenvalue weighted by Crippen LogP contribution is 2.36. The molecular formula is C9H7BrFNO3. The van der Waals surface area contributed by atoms with Crippen LogP contribution in [0.5, 0.6) is 11.5 Å². The molecule has 0 spiro atoms. The Morgan fingerprint density at radius 3 is 2.87 bits per heavy atom. The van der Waals surface area contributed by atoms with Crippen molar-refractivity contribution >= 4 is 22.0 Å². The van der Waals surface area contributed by atoms with Crippen LogP contribution in [-0.2, 0) is 4.79 Å². The Hall–Kier alpha value is -1.39. The lowest BCUT2D eigenvalue weighted by Crippen LogP contribution is -1.92. The Morgan fingerprint density at radius 1 is 1.67 bits per heavy atom. The van der Waals surface area contributed by atoms with Crippen molar-refractivity contribution in [2.24, 2.45) is 4.99 Å². The van der Waals surface area contributed by atoms with Crippen LogP contribution in [0.3, 0.4) is 0 Å². The fraction of sp³-hybridized carbons (Fsp3) is 0.222. The summed E-state index contributed by atoms with van der Waals surface area (Å²) < 4.78 is 18.3. The molecule has 0 aliphatic heterocycles. The van der Waals surface area contributed by atoms with E-state index >= 15 is 0 Å². The highest BCUT2D eigenvalue weighted by molar-refractivity contribution is 9.10. The highest BCUT2D eigenvalue weighted by Gasteiger charge is 2.15. The minimum absolute atomic E-state index is 0.0907. The van der Waals surface area contributed by atoms with Gasteiger partial charge in [-0.15, -0.1) is 0 Å². The van der Waals surface area contributed by atoms with Gasteiger partial charge in [-0.25, -0.2) is 9.18 Å². The SMILES string of the molecule is COc1cc(C(F)N=C=O)c(Br)cc1O. The van der Waals surface area contributed by atoms with Crippen LogP contribution in [0.15, 0.2) is 21.6 Å². The predicted molar refractivity (Wildman–Crippen MR) is 54.3 cm³/mol. The number of phenolic OH excluding ortho intramolecular Hbond substituents is 1. The minimum Gasteiger partial charge on any atom is -0.504 e. The van der Waals surface area contributed by atoms with Crippen LogP contribution in [0, 0.1) is 0 Å². The number of rotatable bonds is 3. The Kier molecular flexibility index (Phi) is 3.82. The molecule has 0 fully saturated rings. The van der Waals surface area contributed by atoms with Crippen molar-refractivity contribution in [3.8, 4) is 11.5 Å². The lowest BCUT2D eigenvalue weighted by atomic mass is 10.2. The topological polar surface area (TPSA) is 58.9 Å². The number of methoxy groups -OCH3 is 1. The molecule has 1 aromatic carbocycles. The van der Waals surface area contributed by atoms with E-state index in [4.69, 9.17) is 4.74 Å². The number of phenols is 1. The van der Waals surface area contributed by atoms with Gasteiger partial charge >= 0.3 is 0 Å². The molecular weight excluding hydrogens is 269 g/mol. The van der Waals surface area contributed by atoms with Gasteiger partial charge in [-0.1, -0.05) is 15.9 Å². The van der Waals surface area contributed by atoms with Crippen molar-refractivity contribution < 1.29 is 19.0 Å². The van der Waals surface area contributed by atoms with Gasteiger partial charge in [0.2, 0.25) is 12.4 Å². The van der Waals surface area contributed by atoms with E-state index in [0.717, 1.165) is 6.08 Å². The van der Waals surface area contributed by atoms with Crippen LogP contribution in [0.2, 0.25) is 0 Å². The molecule has 0 heterocycles. The second-order valence-corrected chi connectivity index (χ2v) is 3.46. The molecule has 1 aromatic rings. The summed E-state index contributed by atoms with van der Waals surface area (Å²) in [4.78, 5) is 12.8. The molecule has 0 saturated heterocycles. The summed E-state index contributed by atoms with van der Waals surface area (Å²) in [5.41, 5.74) is 0.0907. The Labute approximate surface area is 93.5 Å². The maximum absolute atomic E-state index is 13.2. The summed E-state index contributed by atoms with van der Waals surface area (Å²) >= 11 is 3.04. The van der Waals surface area contributed by atoms with E-state index in [1.165, 1.54) is 19.2 Å². The van der Waals surface area contributed by atoms with Crippen molar-refractivity contribution in [1.29, 1.82) is 0 Å². The molecule has 0 amide bonds. The normalized spacial score (nSPS) is 11.7. The maximum Gasteiger partial charge on any atom is 0.238 e. The van der Waals surface area contributed by atoms with E-state index in [9.17, 15) is 14.3 Å². The lowest BCUT2D eigenvalue weighted by molar-refractivity contribution is 0.346. The summed E-state index contributed by atoms with van der Waals surface area (Å²) in [5, 5.41) is 9.34. The minimum atomic E-state index is -1.83. The zero-order valence-electron chi connectivity index (χ0n) is 7.70. The number of benzene rings is 1. The molecule has 1 rings (SSSR count). The zero-order valence-corrected chi connectivity index (χ0v) is 9.28. The number of aromatic hydroxyl groups is 1. The average Bonchev–Trinajstić information content (AvgIpc) is 2.18. The van der Waals surface area contributed by atoms with Crippen molar-refractivity contribution in [3.05, 3.63) is 22.2 Å². The van der Waals surface area contributed by atoms with Gasteiger partial charge < -0.3 is 9.84 Å². The van der Waals surface area contributed by atoms with E-state index in [2.05, 4.69) is 20.9 Å². The summed E-state index contributed by atoms with van der Waals surface area (Å²) in [7, 11) is 1.34. The van der Waals surface area contributed by atoms with Gasteiger partial charge in [0.25, 0.3) is 0 Å². The summed E-state index contributed by atoms with van der Waals surface area (Å²) in [5.74, 6) is -0.0210. The second-order valence-electron chi connectivity index (χ2n) is 2.60. The van der Waals surface area contributed by atoms with Crippen LogP contribution in [0.25, 0.3) is 0 Å². The van der Waals surface area contributed by atoms with Crippen molar-refractivity contribution in [3.63, 3.8) is 0 Å². The fourth-order valence-electron chi connectivity index (χ4n) is 1.02. The Balaban J connectivity index is 3.23. The first-order valence-electron chi connectivity index (χ1n) is 3.87. The fourth-order valence-corrected chi connectivity index (χ4v) is 1.54. The number of aliphatic imine (C=N–C) groups is 1. The predicted octanol–water partition coefficient (Wildman–Crippen LogP) is 2.47. The number of alkyl halides is 1. The number of carbonyl (C=O) groups excluding carboxylic acids is 1. The summed E-state index contributed by atoms with van der Waals surface area (Å²) in [6.45, 7) is 0. The van der Waals surface area contributed by atoms with E-state index in [1.54, 1.807) is 0 Å². The molecule has 15 heavy (non-hydrogen) atoms. The van der Waals surface area contributed by atoms with Crippen molar-refractivity contribution in [2.75, 3.05) is 7.11 Å². The molecule has 0 bridgehead atoms. The number of isocyanates is 1. The van der Waals surface area contributed by atoms with Crippen molar-refractivity contribution in [1.82, 2.24) is 0 Å². The van der Waals surface area contributed by atoms with Crippen LogP contribution in [0.4, 0.5) is 4.39 Å². The van der Waals surface area contributed by atoms with Gasteiger partial charge in [-0.3, -0.25) is 0 Å². The molecule has 1 unspecified atom stereocenters. The van der Waals surface area contributed by atoms with E-state index in [0.29, 0.717) is 4.47 Å². The summed E-state index contributed by atoms with van der Waals surface area (Å²) in [6.07, 6.45) is -0.706. The number of hydrogen-bond acceptors (Lipinski definition) is 4. The van der Waals surface area contributed by atoms with Gasteiger partial charge in [-0.2, -0.15) is 4.99 Å². The van der Waals surface area contributed by atoms with Gasteiger partial charge in [0, 0.05) is 10.0 Å². The first-order valence-corrected chi connectivity index (χ1v) is 4.67. The van der Waals surface area contributed by atoms with E-state index in [-0.39, 0.29) is 17.1 Å². The maximum atomic E-state index is 13.2. The third-order valence-corrected chi connectivity index (χ3v) is 2.41. The molecule has 1 N–H and O–H groups in total. The van der Waals surface area contributed by atoms with Gasteiger partial charge in [0.05, 0.1) is 7.11 Å². The van der Waals surface area contributed by atoms with E-state index < -0.39 is 6.30 Å². The highest BCUT2D eigenvalue weighted by atomic mass is 79.9. The molecule has 0 aromatic heterocycles. The van der Waals surface area contributed by atoms with Crippen LogP contribution in [0.1, 0.15) is 11.9 Å². The second kappa shape index (κ2) is 4.91. The lowest BCUT2D eigenvalue weighted by Gasteiger charge is -2.09. The standard InChI is InChI=1S/C9H7BrFNO3/c1-15-8-2-5(9(11)12-4-13)6(10)3-7(8)14/h2-3,9,14H,1H3. The quantitative estimate of drug-likeness (QED) is 0.524. The van der Waals surface area contributed by atoms with Crippen LogP contribution >= 0.6 is 15.9 Å². The zero-order chi connectivity index (χ0) is 11.4. The number of ether oxygens (including phenoxy) is 1. The third kappa shape index (κ3) is 2.55. The van der Waals surface area contributed by atoms with E-state index in [1.807, 2.05) is 0 Å². The smallest absolute Gasteiger partial charge is 0.238 e. The van der Waals surface area contributed by atoms with Crippen LogP contribution in [-0.4, -0.2) is 18.3 Å². The first kappa shape index (κ1) is 11.7. The molecule has 0 aliphatic rings. The van der Waals surface area contributed by atoms with Gasteiger partial charge in [0.15, 0.2) is 11.5 Å². The molecule has 0 saturated carbocycles. The van der Waals surface area contributed by atoms with Crippen molar-refractivity contribution in [2.45, 2.75) is 6.30 Å². The first-order chi connectivity index (χ1) is 7.10. The molecule has 80 valence electrons. The molecule has 0 radical (unpaired) electrons. The number of halogens is 2. The molecule has 6 heteroatoms. The monoisotopic (exact) mass is 275 g/mol. The van der Waals surface area contributed by atoms with Gasteiger partial charge in [0.1, 0.15) is 0 Å². The van der Waals surface area contributed by atoms with Gasteiger partial charge in [-0.05, 0) is 12.1 Å². The molecule has 0 aliphatic carbocycles. The third-order valence-electron chi connectivity index (χ3n) is 1.72. The van der Waals surface area contributed by atoms with Crippen LogP contribution < -0.4 is 4.74 Å². The summed E-state index contributed by atoms with van der Waals surface area (Å²) in [6, 6.07) is 2.52. The Bertz CT molecular complexity index is 418. The molecule has 4 nitrogen and oxygen atoms in total. The average molecular weight is 276 g/mol. The largest absolute Gasteiger partial charge is 0.504 e. The molecule has 1 atom stereocenters.